The first-order chi connectivity index (χ1) is 15.5. The van der Waals surface area contributed by atoms with E-state index in [1.54, 1.807) is 36.4 Å². The Morgan fingerprint density at radius 3 is 2.50 bits per heavy atom. The highest BCUT2D eigenvalue weighted by Gasteiger charge is 2.17. The predicted molar refractivity (Wildman–Crippen MR) is 122 cm³/mol. The normalized spacial score (nSPS) is 10.8. The minimum atomic E-state index is -0.600. The lowest BCUT2D eigenvalue weighted by molar-refractivity contribution is -0.116. The molecule has 4 rings (SSSR count). The highest BCUT2D eigenvalue weighted by Crippen LogP contribution is 2.23. The predicted octanol–water partition coefficient (Wildman–Crippen LogP) is 2.56. The van der Waals surface area contributed by atoms with Gasteiger partial charge in [0.1, 0.15) is 17.9 Å². The summed E-state index contributed by atoms with van der Waals surface area (Å²) in [6.07, 6.45) is 1.49. The molecular weight excluding hydrogens is 408 g/mol. The zero-order valence-electron chi connectivity index (χ0n) is 17.7. The molecule has 162 valence electrons. The molecule has 0 fully saturated rings. The van der Waals surface area contributed by atoms with Crippen molar-refractivity contribution in [2.24, 2.45) is 0 Å². The summed E-state index contributed by atoms with van der Waals surface area (Å²) in [5.74, 6) is 0.0598. The van der Waals surface area contributed by atoms with Crippen molar-refractivity contribution in [3.8, 4) is 5.75 Å². The number of anilines is 1. The van der Waals surface area contributed by atoms with Gasteiger partial charge in [0.15, 0.2) is 0 Å². The first-order valence-corrected chi connectivity index (χ1v) is 10.0. The van der Waals surface area contributed by atoms with Gasteiger partial charge in [0, 0.05) is 6.20 Å². The smallest absolute Gasteiger partial charge is 0.333 e. The summed E-state index contributed by atoms with van der Waals surface area (Å²) in [5.41, 5.74) is 1.49. The largest absolute Gasteiger partial charge is 0.495 e. The Bertz CT molecular complexity index is 1400. The lowest BCUT2D eigenvalue weighted by Crippen LogP contribution is -2.42. The van der Waals surface area contributed by atoms with E-state index in [1.807, 2.05) is 31.2 Å². The van der Waals surface area contributed by atoms with Crippen LogP contribution in [0.2, 0.25) is 0 Å². The fraction of sp³-hybridized carbons (Fsp3) is 0.167. The number of amides is 1. The molecule has 0 aliphatic rings. The van der Waals surface area contributed by atoms with Crippen LogP contribution in [0.5, 0.6) is 5.75 Å². The Balaban J connectivity index is 1.75. The van der Waals surface area contributed by atoms with E-state index in [9.17, 15) is 14.4 Å². The van der Waals surface area contributed by atoms with Crippen LogP contribution in [-0.2, 0) is 17.9 Å². The summed E-state index contributed by atoms with van der Waals surface area (Å²) < 4.78 is 7.61. The molecule has 0 aliphatic carbocycles. The van der Waals surface area contributed by atoms with Gasteiger partial charge in [-0.05, 0) is 36.8 Å². The van der Waals surface area contributed by atoms with E-state index in [0.717, 1.165) is 15.7 Å². The summed E-state index contributed by atoms with van der Waals surface area (Å²) in [6, 6.07) is 17.8. The van der Waals surface area contributed by atoms with Crippen LogP contribution >= 0.6 is 0 Å². The maximum absolute atomic E-state index is 13.3. The van der Waals surface area contributed by atoms with Crippen molar-refractivity contribution in [2.75, 3.05) is 12.4 Å². The summed E-state index contributed by atoms with van der Waals surface area (Å²) in [6.45, 7) is 1.75. The van der Waals surface area contributed by atoms with E-state index < -0.39 is 17.2 Å². The number of para-hydroxylation sites is 2. The molecule has 8 heteroatoms. The molecule has 8 nitrogen and oxygen atoms in total. The van der Waals surface area contributed by atoms with E-state index in [0.29, 0.717) is 11.4 Å². The number of aromatic nitrogens is 3. The van der Waals surface area contributed by atoms with Crippen LogP contribution in [0.4, 0.5) is 5.69 Å². The van der Waals surface area contributed by atoms with E-state index >= 15 is 0 Å². The van der Waals surface area contributed by atoms with Crippen LogP contribution < -0.4 is 21.3 Å². The van der Waals surface area contributed by atoms with E-state index in [-0.39, 0.29) is 24.1 Å². The number of fused-ring (bicyclic) bond motifs is 1. The standard InChI is InChI=1S/C24H22N4O4/c1-16-9-11-17(12-10-16)14-28-23(30)18-6-5-13-25-22(18)27(24(28)31)15-21(29)26-19-7-3-4-8-20(19)32-2/h3-13H,14-15H2,1-2H3,(H,26,29). The van der Waals surface area contributed by atoms with Crippen molar-refractivity contribution >= 4 is 22.6 Å². The van der Waals surface area contributed by atoms with E-state index in [2.05, 4.69) is 10.3 Å². The fourth-order valence-corrected chi connectivity index (χ4v) is 3.49. The maximum Gasteiger partial charge on any atom is 0.333 e. The number of ether oxygens (including phenoxy) is 1. The van der Waals surface area contributed by atoms with Gasteiger partial charge in [0.2, 0.25) is 5.91 Å². The van der Waals surface area contributed by atoms with E-state index in [4.69, 9.17) is 4.74 Å². The monoisotopic (exact) mass is 430 g/mol. The SMILES string of the molecule is COc1ccccc1NC(=O)Cn1c(=O)n(Cc2ccc(C)cc2)c(=O)c2cccnc21. The molecule has 0 aliphatic heterocycles. The highest BCUT2D eigenvalue weighted by molar-refractivity contribution is 5.92. The summed E-state index contributed by atoms with van der Waals surface area (Å²) in [4.78, 5) is 43.3. The van der Waals surface area contributed by atoms with Gasteiger partial charge >= 0.3 is 5.69 Å². The molecule has 4 aromatic rings. The third-order valence-electron chi connectivity index (χ3n) is 5.12. The van der Waals surface area contributed by atoms with Crippen LogP contribution in [0.15, 0.2) is 76.4 Å². The number of nitrogens with one attached hydrogen (secondary N) is 1. The van der Waals surface area contributed by atoms with Gasteiger partial charge in [-0.1, -0.05) is 42.0 Å². The second-order valence-electron chi connectivity index (χ2n) is 7.37. The number of pyridine rings is 1. The Labute approximate surface area is 183 Å². The molecular formula is C24H22N4O4. The van der Waals surface area contributed by atoms with Crippen molar-refractivity contribution in [1.82, 2.24) is 14.1 Å². The average molecular weight is 430 g/mol. The van der Waals surface area contributed by atoms with Gasteiger partial charge in [-0.15, -0.1) is 0 Å². The van der Waals surface area contributed by atoms with Crippen LogP contribution in [0, 0.1) is 6.92 Å². The van der Waals surface area contributed by atoms with E-state index in [1.165, 1.54) is 17.9 Å². The number of benzene rings is 2. The minimum absolute atomic E-state index is 0.0942. The molecule has 32 heavy (non-hydrogen) atoms. The third kappa shape index (κ3) is 4.15. The molecule has 1 N–H and O–H groups in total. The number of nitrogens with zero attached hydrogens (tertiary/aromatic N) is 3. The van der Waals surface area contributed by atoms with Crippen LogP contribution in [0.25, 0.3) is 11.0 Å². The Kier molecular flexibility index (Phi) is 5.85. The Morgan fingerprint density at radius 2 is 1.75 bits per heavy atom. The number of carbonyl (C=O) groups is 1. The molecule has 2 aromatic carbocycles. The lowest BCUT2D eigenvalue weighted by Gasteiger charge is -2.14. The highest BCUT2D eigenvalue weighted by atomic mass is 16.5. The van der Waals surface area contributed by atoms with Crippen molar-refractivity contribution in [3.63, 3.8) is 0 Å². The molecule has 0 spiro atoms. The zero-order valence-corrected chi connectivity index (χ0v) is 17.7. The van der Waals surface area contributed by atoms with Crippen LogP contribution in [0.1, 0.15) is 11.1 Å². The van der Waals surface area contributed by atoms with Gasteiger partial charge < -0.3 is 10.1 Å². The average Bonchev–Trinajstić information content (AvgIpc) is 2.81. The fourth-order valence-electron chi connectivity index (χ4n) is 3.49. The molecule has 0 atom stereocenters. The maximum atomic E-state index is 13.3. The molecule has 1 amide bonds. The topological polar surface area (TPSA) is 95.2 Å². The Morgan fingerprint density at radius 1 is 1.00 bits per heavy atom. The molecule has 2 aromatic heterocycles. The minimum Gasteiger partial charge on any atom is -0.495 e. The van der Waals surface area contributed by atoms with Gasteiger partial charge in [-0.25, -0.2) is 9.78 Å². The second kappa shape index (κ2) is 8.89. The zero-order chi connectivity index (χ0) is 22.7. The molecule has 0 radical (unpaired) electrons. The molecule has 2 heterocycles. The number of carbonyl (C=O) groups excluding carboxylic acids is 1. The van der Waals surface area contributed by atoms with Crippen LogP contribution in [-0.4, -0.2) is 27.1 Å². The molecule has 0 saturated heterocycles. The third-order valence-corrected chi connectivity index (χ3v) is 5.12. The van der Waals surface area contributed by atoms with Gasteiger partial charge in [0.25, 0.3) is 5.56 Å². The summed E-state index contributed by atoms with van der Waals surface area (Å²) >= 11 is 0. The van der Waals surface area contributed by atoms with Gasteiger partial charge in [-0.2, -0.15) is 0 Å². The number of hydrogen-bond acceptors (Lipinski definition) is 5. The number of rotatable bonds is 6. The lowest BCUT2D eigenvalue weighted by atomic mass is 10.1. The summed E-state index contributed by atoms with van der Waals surface area (Å²) in [5, 5.41) is 3.02. The first-order valence-electron chi connectivity index (χ1n) is 10.0. The van der Waals surface area contributed by atoms with Gasteiger partial charge in [0.05, 0.1) is 24.7 Å². The number of methoxy groups -OCH3 is 1. The van der Waals surface area contributed by atoms with Gasteiger partial charge in [-0.3, -0.25) is 18.7 Å². The van der Waals surface area contributed by atoms with Crippen molar-refractivity contribution in [3.05, 3.63) is 98.8 Å². The number of hydrogen-bond donors (Lipinski definition) is 1. The second-order valence-corrected chi connectivity index (χ2v) is 7.37. The first kappa shape index (κ1) is 21.0. The summed E-state index contributed by atoms with van der Waals surface area (Å²) in [7, 11) is 1.51. The quantitative estimate of drug-likeness (QED) is 0.507. The molecule has 0 unspecified atom stereocenters. The van der Waals surface area contributed by atoms with Crippen molar-refractivity contribution < 1.29 is 9.53 Å². The van der Waals surface area contributed by atoms with Crippen molar-refractivity contribution in [2.45, 2.75) is 20.0 Å². The van der Waals surface area contributed by atoms with Crippen molar-refractivity contribution in [1.29, 1.82) is 0 Å². The van der Waals surface area contributed by atoms with Crippen LogP contribution in [0.3, 0.4) is 0 Å². The molecule has 0 bridgehead atoms. The Hall–Kier alpha value is -4.20. The number of aryl methyl sites for hydroxylation is 1. The molecule has 0 saturated carbocycles.